The van der Waals surface area contributed by atoms with Crippen molar-refractivity contribution >= 4 is 22.3 Å². The van der Waals surface area contributed by atoms with Gasteiger partial charge in [0.25, 0.3) is 0 Å². The van der Waals surface area contributed by atoms with Crippen LogP contribution in [0.4, 0.5) is 8.78 Å². The lowest BCUT2D eigenvalue weighted by atomic mass is 10.2. The van der Waals surface area contributed by atoms with E-state index in [4.69, 9.17) is 0 Å². The van der Waals surface area contributed by atoms with Crippen molar-refractivity contribution in [2.24, 2.45) is 0 Å². The zero-order valence-electron chi connectivity index (χ0n) is 14.0. The van der Waals surface area contributed by atoms with Crippen LogP contribution in [0.1, 0.15) is 0 Å². The summed E-state index contributed by atoms with van der Waals surface area (Å²) in [4.78, 5) is 13.9. The summed E-state index contributed by atoms with van der Waals surface area (Å²) >= 11 is 0. The van der Waals surface area contributed by atoms with Crippen LogP contribution in [0.5, 0.6) is 0 Å². The maximum Gasteiger partial charge on any atom is 0.199 e. The molecule has 0 amide bonds. The Bertz CT molecular complexity index is 1290. The number of hydrogen-bond donors (Lipinski definition) is 0. The molecular weight excluding hydrogens is 346 g/mol. The van der Waals surface area contributed by atoms with Crippen molar-refractivity contribution in [3.05, 3.63) is 84.4 Å². The zero-order chi connectivity index (χ0) is 18.4. The Labute approximate surface area is 152 Å². The molecule has 3 aromatic carbocycles. The molecule has 130 valence electrons. The summed E-state index contributed by atoms with van der Waals surface area (Å²) in [6.45, 7) is 0. The lowest BCUT2D eigenvalue weighted by Gasteiger charge is -2.09. The minimum absolute atomic E-state index is 0.339. The molecule has 0 aliphatic rings. The van der Waals surface area contributed by atoms with Gasteiger partial charge in [-0.15, -0.1) is 0 Å². The van der Waals surface area contributed by atoms with Gasteiger partial charge < -0.3 is 0 Å². The summed E-state index contributed by atoms with van der Waals surface area (Å²) in [5.74, 6) is -0.187. The van der Waals surface area contributed by atoms with Crippen molar-refractivity contribution in [3.63, 3.8) is 0 Å². The molecule has 0 fully saturated rings. The molecule has 0 aliphatic carbocycles. The quantitative estimate of drug-likeness (QED) is 0.450. The fourth-order valence-corrected chi connectivity index (χ4v) is 3.11. The van der Waals surface area contributed by atoms with Crippen molar-refractivity contribution in [1.82, 2.24) is 19.5 Å². The van der Waals surface area contributed by atoms with E-state index in [2.05, 4.69) is 15.0 Å². The van der Waals surface area contributed by atoms with E-state index in [-0.39, 0.29) is 11.6 Å². The number of benzene rings is 3. The van der Waals surface area contributed by atoms with Gasteiger partial charge in [-0.1, -0.05) is 18.2 Å². The Kier molecular flexibility index (Phi) is 3.43. The van der Waals surface area contributed by atoms with Crippen LogP contribution in [-0.4, -0.2) is 19.5 Å². The molecule has 5 rings (SSSR count). The first-order valence-corrected chi connectivity index (χ1v) is 8.36. The molecule has 4 nitrogen and oxygen atoms in total. The first kappa shape index (κ1) is 15.6. The number of halogens is 2. The lowest BCUT2D eigenvalue weighted by Crippen LogP contribution is -2.00. The van der Waals surface area contributed by atoms with Crippen LogP contribution < -0.4 is 0 Å². The monoisotopic (exact) mass is 358 g/mol. The number of nitrogens with zero attached hydrogens (tertiary/aromatic N) is 4. The van der Waals surface area contributed by atoms with Crippen molar-refractivity contribution in [2.45, 2.75) is 0 Å². The molecule has 2 aromatic heterocycles. The molecule has 0 aliphatic heterocycles. The SMILES string of the molecule is Fc1ccc(-c2nc3nc4ccccc4nc3n2-c2cccc(F)c2)cc1. The topological polar surface area (TPSA) is 43.6 Å². The third-order valence-electron chi connectivity index (χ3n) is 4.34. The summed E-state index contributed by atoms with van der Waals surface area (Å²) < 4.78 is 29.0. The maximum absolute atomic E-state index is 13.9. The van der Waals surface area contributed by atoms with E-state index in [1.807, 2.05) is 24.3 Å². The minimum Gasteiger partial charge on any atom is -0.275 e. The Morgan fingerprint density at radius 3 is 2.15 bits per heavy atom. The van der Waals surface area contributed by atoms with Crippen LogP contribution >= 0.6 is 0 Å². The summed E-state index contributed by atoms with van der Waals surface area (Å²) in [6.07, 6.45) is 0. The molecule has 5 aromatic rings. The first-order chi connectivity index (χ1) is 13.2. The van der Waals surface area contributed by atoms with E-state index in [1.54, 1.807) is 28.8 Å². The van der Waals surface area contributed by atoms with E-state index in [9.17, 15) is 8.78 Å². The number of hydrogen-bond acceptors (Lipinski definition) is 3. The van der Waals surface area contributed by atoms with Gasteiger partial charge in [-0.25, -0.2) is 23.7 Å². The maximum atomic E-state index is 13.9. The predicted molar refractivity (Wildman–Crippen MR) is 99.5 cm³/mol. The molecular formula is C21H12F2N4. The molecule has 0 saturated carbocycles. The van der Waals surface area contributed by atoms with Crippen LogP contribution in [0.3, 0.4) is 0 Å². The van der Waals surface area contributed by atoms with Crippen molar-refractivity contribution in [3.8, 4) is 17.1 Å². The van der Waals surface area contributed by atoms with Crippen LogP contribution in [0.25, 0.3) is 39.4 Å². The fourth-order valence-electron chi connectivity index (χ4n) is 3.11. The fraction of sp³-hybridized carbons (Fsp3) is 0. The number of fused-ring (bicyclic) bond motifs is 2. The Balaban J connectivity index is 1.88. The molecule has 0 radical (unpaired) electrons. The number of para-hydroxylation sites is 2. The smallest absolute Gasteiger partial charge is 0.199 e. The van der Waals surface area contributed by atoms with Gasteiger partial charge in [0.15, 0.2) is 11.3 Å². The molecule has 0 unspecified atom stereocenters. The number of rotatable bonds is 2. The second kappa shape index (κ2) is 5.95. The molecule has 0 N–H and O–H groups in total. The van der Waals surface area contributed by atoms with Gasteiger partial charge in [0.05, 0.1) is 16.7 Å². The normalized spacial score (nSPS) is 11.3. The highest BCUT2D eigenvalue weighted by Crippen LogP contribution is 2.28. The second-order valence-electron chi connectivity index (χ2n) is 6.12. The van der Waals surface area contributed by atoms with Crippen LogP contribution in [-0.2, 0) is 0 Å². The van der Waals surface area contributed by atoms with Crippen LogP contribution in [0.15, 0.2) is 72.8 Å². The third kappa shape index (κ3) is 2.62. The van der Waals surface area contributed by atoms with E-state index in [0.29, 0.717) is 33.9 Å². The molecule has 2 heterocycles. The Morgan fingerprint density at radius 1 is 0.667 bits per heavy atom. The summed E-state index contributed by atoms with van der Waals surface area (Å²) in [5.41, 5.74) is 3.65. The number of imidazole rings is 1. The average molecular weight is 358 g/mol. The van der Waals surface area contributed by atoms with Crippen molar-refractivity contribution in [2.75, 3.05) is 0 Å². The molecule has 0 spiro atoms. The van der Waals surface area contributed by atoms with E-state index < -0.39 is 0 Å². The third-order valence-corrected chi connectivity index (χ3v) is 4.34. The molecule has 0 bridgehead atoms. The van der Waals surface area contributed by atoms with Crippen molar-refractivity contribution in [1.29, 1.82) is 0 Å². The molecule has 0 saturated heterocycles. The summed E-state index contributed by atoms with van der Waals surface area (Å²) in [7, 11) is 0. The highest BCUT2D eigenvalue weighted by atomic mass is 19.1. The van der Waals surface area contributed by atoms with Gasteiger partial charge in [-0.3, -0.25) is 4.57 Å². The van der Waals surface area contributed by atoms with Gasteiger partial charge >= 0.3 is 0 Å². The zero-order valence-corrected chi connectivity index (χ0v) is 14.0. The Hall–Kier alpha value is -3.67. The van der Waals surface area contributed by atoms with Gasteiger partial charge in [-0.05, 0) is 54.6 Å². The lowest BCUT2D eigenvalue weighted by molar-refractivity contribution is 0.627. The highest BCUT2D eigenvalue weighted by Gasteiger charge is 2.18. The molecule has 6 heteroatoms. The van der Waals surface area contributed by atoms with Gasteiger partial charge in [-0.2, -0.15) is 0 Å². The number of aromatic nitrogens is 4. The van der Waals surface area contributed by atoms with E-state index >= 15 is 0 Å². The highest BCUT2D eigenvalue weighted by molar-refractivity contribution is 5.86. The summed E-state index contributed by atoms with van der Waals surface area (Å²) in [6, 6.07) is 19.7. The minimum atomic E-state index is -0.367. The van der Waals surface area contributed by atoms with Crippen molar-refractivity contribution < 1.29 is 8.78 Å². The van der Waals surface area contributed by atoms with Crippen LogP contribution in [0.2, 0.25) is 0 Å². The predicted octanol–water partition coefficient (Wildman–Crippen LogP) is 4.91. The van der Waals surface area contributed by atoms with Gasteiger partial charge in [0.2, 0.25) is 0 Å². The molecule has 0 atom stereocenters. The largest absolute Gasteiger partial charge is 0.275 e. The first-order valence-electron chi connectivity index (χ1n) is 8.36. The Morgan fingerprint density at radius 2 is 1.41 bits per heavy atom. The van der Waals surface area contributed by atoms with Gasteiger partial charge in [0.1, 0.15) is 17.5 Å². The van der Waals surface area contributed by atoms with E-state index in [0.717, 1.165) is 5.52 Å². The molecule has 27 heavy (non-hydrogen) atoms. The standard InChI is InChI=1S/C21H12F2N4/c22-14-10-8-13(9-11-14)20-26-19-21(25-18-7-2-1-6-17(18)24-19)27(20)16-5-3-4-15(23)12-16/h1-12H. The van der Waals surface area contributed by atoms with Crippen LogP contribution in [0, 0.1) is 11.6 Å². The van der Waals surface area contributed by atoms with Gasteiger partial charge in [0, 0.05) is 5.56 Å². The summed E-state index contributed by atoms with van der Waals surface area (Å²) in [5, 5.41) is 0. The average Bonchev–Trinajstić information content (AvgIpc) is 3.05. The second-order valence-corrected chi connectivity index (χ2v) is 6.12. The van der Waals surface area contributed by atoms with E-state index in [1.165, 1.54) is 24.3 Å².